The summed E-state index contributed by atoms with van der Waals surface area (Å²) in [4.78, 5) is 28.8. The van der Waals surface area contributed by atoms with E-state index >= 15 is 0 Å². The molecule has 3 rings (SSSR count). The Hall–Kier alpha value is -2.02. The van der Waals surface area contributed by atoms with Gasteiger partial charge in [0.25, 0.3) is 0 Å². The average Bonchev–Trinajstić information content (AvgIpc) is 2.61. The number of carbonyl (C=O) groups is 2. The predicted molar refractivity (Wildman–Crippen MR) is 97.8 cm³/mol. The first-order chi connectivity index (χ1) is 13.1. The molecule has 7 heteroatoms. The fourth-order valence-corrected chi connectivity index (χ4v) is 3.85. The van der Waals surface area contributed by atoms with Crippen LogP contribution in [0.4, 0.5) is 8.78 Å². The molecule has 1 N–H and O–H groups in total. The second-order valence-corrected chi connectivity index (χ2v) is 7.34. The molecule has 2 fully saturated rings. The molecule has 2 aliphatic heterocycles. The first-order valence-corrected chi connectivity index (χ1v) is 9.78. The zero-order chi connectivity index (χ0) is 19.2. The lowest BCUT2D eigenvalue weighted by Crippen LogP contribution is -2.56. The van der Waals surface area contributed by atoms with Crippen LogP contribution >= 0.6 is 0 Å². The highest BCUT2D eigenvalue weighted by atomic mass is 19.2. The van der Waals surface area contributed by atoms with Gasteiger partial charge in [0.2, 0.25) is 11.8 Å². The van der Waals surface area contributed by atoms with E-state index in [1.165, 1.54) is 18.6 Å². The highest BCUT2D eigenvalue weighted by molar-refractivity contribution is 5.88. The quantitative estimate of drug-likeness (QED) is 0.874. The summed E-state index contributed by atoms with van der Waals surface area (Å²) < 4.78 is 27.5. The molecule has 148 valence electrons. The minimum Gasteiger partial charge on any atom is -0.353 e. The first kappa shape index (κ1) is 19.7. The summed E-state index contributed by atoms with van der Waals surface area (Å²) in [5, 5.41) is 2.79. The van der Waals surface area contributed by atoms with Crippen molar-refractivity contribution in [1.82, 2.24) is 15.1 Å². The van der Waals surface area contributed by atoms with Crippen molar-refractivity contribution in [2.45, 2.75) is 51.1 Å². The molecule has 5 nitrogen and oxygen atoms in total. The van der Waals surface area contributed by atoms with Crippen molar-refractivity contribution in [1.29, 1.82) is 0 Å². The molecule has 0 radical (unpaired) electrons. The van der Waals surface area contributed by atoms with Crippen LogP contribution in [0.15, 0.2) is 18.2 Å². The number of carbonyl (C=O) groups excluding carboxylic acids is 2. The highest BCUT2D eigenvalue weighted by Crippen LogP contribution is 2.19. The van der Waals surface area contributed by atoms with Crippen molar-refractivity contribution < 1.29 is 18.4 Å². The first-order valence-electron chi connectivity index (χ1n) is 9.78. The normalized spacial score (nSPS) is 22.1. The van der Waals surface area contributed by atoms with E-state index in [2.05, 4.69) is 5.32 Å². The van der Waals surface area contributed by atoms with Crippen LogP contribution < -0.4 is 5.32 Å². The highest BCUT2D eigenvalue weighted by Gasteiger charge is 2.33. The molecule has 0 aliphatic carbocycles. The number of benzene rings is 1. The largest absolute Gasteiger partial charge is 0.353 e. The van der Waals surface area contributed by atoms with Gasteiger partial charge < -0.3 is 10.2 Å². The molecule has 2 heterocycles. The third kappa shape index (κ3) is 5.03. The molecular weight excluding hydrogens is 352 g/mol. The Labute approximate surface area is 158 Å². The van der Waals surface area contributed by atoms with Gasteiger partial charge >= 0.3 is 0 Å². The van der Waals surface area contributed by atoms with Crippen molar-refractivity contribution in [3.8, 4) is 0 Å². The number of halogens is 2. The molecule has 1 atom stereocenters. The van der Waals surface area contributed by atoms with E-state index in [9.17, 15) is 18.4 Å². The predicted octanol–water partition coefficient (Wildman–Crippen LogP) is 2.45. The molecular formula is C20H27F2N3O2. The second kappa shape index (κ2) is 9.26. The lowest BCUT2D eigenvalue weighted by molar-refractivity contribution is -0.139. The molecule has 27 heavy (non-hydrogen) atoms. The Kier molecular flexibility index (Phi) is 6.77. The molecule has 1 aromatic rings. The van der Waals surface area contributed by atoms with Gasteiger partial charge in [-0.25, -0.2) is 8.78 Å². The minimum absolute atomic E-state index is 0.0383. The molecule has 0 bridgehead atoms. The fraction of sp³-hybridized carbons (Fsp3) is 0.600. The summed E-state index contributed by atoms with van der Waals surface area (Å²) in [6.07, 6.45) is 5.50. The Morgan fingerprint density at radius 1 is 1.07 bits per heavy atom. The van der Waals surface area contributed by atoms with Gasteiger partial charge in [-0.2, -0.15) is 0 Å². The summed E-state index contributed by atoms with van der Waals surface area (Å²) in [6, 6.07) is 3.39. The van der Waals surface area contributed by atoms with E-state index in [1.807, 2.05) is 4.90 Å². The Balaban J connectivity index is 1.69. The topological polar surface area (TPSA) is 52.7 Å². The van der Waals surface area contributed by atoms with Crippen LogP contribution in [0, 0.1) is 11.6 Å². The maximum Gasteiger partial charge on any atom is 0.237 e. The molecule has 0 aromatic heterocycles. The SMILES string of the molecule is O=C1NCCN(Cc2cccc(F)c2F)C1CC(=O)N1CCCCCCC1. The Morgan fingerprint density at radius 3 is 2.52 bits per heavy atom. The van der Waals surface area contributed by atoms with Crippen LogP contribution in [0.5, 0.6) is 0 Å². The lowest BCUT2D eigenvalue weighted by atomic mass is 10.0. The van der Waals surface area contributed by atoms with Crippen molar-refractivity contribution in [3.05, 3.63) is 35.4 Å². The van der Waals surface area contributed by atoms with E-state index in [0.717, 1.165) is 44.8 Å². The summed E-state index contributed by atoms with van der Waals surface area (Å²) in [7, 11) is 0. The van der Waals surface area contributed by atoms with Crippen LogP contribution in [0.1, 0.15) is 44.1 Å². The number of rotatable bonds is 4. The van der Waals surface area contributed by atoms with E-state index in [-0.39, 0.29) is 30.3 Å². The minimum atomic E-state index is -0.901. The summed E-state index contributed by atoms with van der Waals surface area (Å²) in [5.74, 6) is -2.05. The Bertz CT molecular complexity index is 675. The fourth-order valence-electron chi connectivity index (χ4n) is 3.85. The zero-order valence-electron chi connectivity index (χ0n) is 15.6. The number of nitrogens with one attached hydrogen (secondary N) is 1. The monoisotopic (exact) mass is 379 g/mol. The van der Waals surface area contributed by atoms with Gasteiger partial charge in [0.05, 0.1) is 12.5 Å². The van der Waals surface area contributed by atoms with Crippen LogP contribution in [0.2, 0.25) is 0 Å². The molecule has 2 aliphatic rings. The molecule has 1 unspecified atom stereocenters. The van der Waals surface area contributed by atoms with Crippen molar-refractivity contribution in [3.63, 3.8) is 0 Å². The van der Waals surface area contributed by atoms with Crippen LogP contribution in [-0.4, -0.2) is 53.8 Å². The third-order valence-electron chi connectivity index (χ3n) is 5.42. The van der Waals surface area contributed by atoms with Crippen LogP contribution in [0.25, 0.3) is 0 Å². The van der Waals surface area contributed by atoms with E-state index < -0.39 is 17.7 Å². The van der Waals surface area contributed by atoms with Crippen LogP contribution in [-0.2, 0) is 16.1 Å². The van der Waals surface area contributed by atoms with Crippen molar-refractivity contribution >= 4 is 11.8 Å². The number of nitrogens with zero attached hydrogens (tertiary/aromatic N) is 2. The summed E-state index contributed by atoms with van der Waals surface area (Å²) in [5.41, 5.74) is 0.202. The van der Waals surface area contributed by atoms with Gasteiger partial charge in [-0.05, 0) is 18.9 Å². The van der Waals surface area contributed by atoms with Crippen molar-refractivity contribution in [2.24, 2.45) is 0 Å². The maximum atomic E-state index is 14.0. The molecule has 0 saturated carbocycles. The van der Waals surface area contributed by atoms with E-state index in [1.54, 1.807) is 4.90 Å². The zero-order valence-corrected chi connectivity index (χ0v) is 15.6. The van der Waals surface area contributed by atoms with Gasteiger partial charge in [-0.15, -0.1) is 0 Å². The average molecular weight is 379 g/mol. The van der Waals surface area contributed by atoms with E-state index in [4.69, 9.17) is 0 Å². The van der Waals surface area contributed by atoms with Crippen molar-refractivity contribution in [2.75, 3.05) is 26.2 Å². The number of piperazine rings is 1. The second-order valence-electron chi connectivity index (χ2n) is 7.34. The number of hydrogen-bond acceptors (Lipinski definition) is 3. The number of hydrogen-bond donors (Lipinski definition) is 1. The van der Waals surface area contributed by atoms with Gasteiger partial charge in [-0.1, -0.05) is 31.4 Å². The molecule has 0 spiro atoms. The van der Waals surface area contributed by atoms with Crippen LogP contribution in [0.3, 0.4) is 0 Å². The third-order valence-corrected chi connectivity index (χ3v) is 5.42. The Morgan fingerprint density at radius 2 is 1.78 bits per heavy atom. The van der Waals surface area contributed by atoms with E-state index in [0.29, 0.717) is 13.1 Å². The summed E-state index contributed by atoms with van der Waals surface area (Å²) >= 11 is 0. The number of amides is 2. The maximum absolute atomic E-state index is 14.0. The van der Waals surface area contributed by atoms with Gasteiger partial charge in [-0.3, -0.25) is 14.5 Å². The molecule has 2 saturated heterocycles. The molecule has 1 aromatic carbocycles. The summed E-state index contributed by atoms with van der Waals surface area (Å²) in [6.45, 7) is 2.50. The smallest absolute Gasteiger partial charge is 0.237 e. The molecule has 2 amide bonds. The van der Waals surface area contributed by atoms with Gasteiger partial charge in [0.15, 0.2) is 11.6 Å². The van der Waals surface area contributed by atoms with Gasteiger partial charge in [0.1, 0.15) is 0 Å². The lowest BCUT2D eigenvalue weighted by Gasteiger charge is -2.36. The standard InChI is InChI=1S/C20H27F2N3O2/c21-16-8-6-7-15(19(16)22)14-25-12-9-23-20(27)17(25)13-18(26)24-10-4-2-1-3-5-11-24/h6-8,17H,1-5,9-14H2,(H,23,27). The number of likely N-dealkylation sites (tertiary alicyclic amines) is 1. The van der Waals surface area contributed by atoms with Gasteiger partial charge in [0, 0.05) is 38.3 Å².